The quantitative estimate of drug-likeness (QED) is 0.239. The zero-order valence-electron chi connectivity index (χ0n) is 27.1. The Morgan fingerprint density at radius 2 is 1.62 bits per heavy atom. The predicted molar refractivity (Wildman–Crippen MR) is 166 cm³/mol. The van der Waals surface area contributed by atoms with Gasteiger partial charge in [0.15, 0.2) is 0 Å². The Balaban J connectivity index is 1.28. The Kier molecular flexibility index (Phi) is 9.06. The van der Waals surface area contributed by atoms with E-state index in [0.29, 0.717) is 45.2 Å². The van der Waals surface area contributed by atoms with Crippen LogP contribution in [0.5, 0.6) is 0 Å². The van der Waals surface area contributed by atoms with Crippen LogP contribution in [-0.4, -0.2) is 96.2 Å². The molecule has 5 fully saturated rings. The minimum absolute atomic E-state index is 0.0743. The van der Waals surface area contributed by atoms with Gasteiger partial charge in [-0.25, -0.2) is 13.2 Å². The summed E-state index contributed by atoms with van der Waals surface area (Å²) in [6.45, 7) is 10.6. The third-order valence-corrected chi connectivity index (χ3v) is 13.2. The number of nitrogens with zero attached hydrogens (tertiary/aromatic N) is 2. The molecule has 2 unspecified atom stereocenters. The number of rotatable bonds is 11. The van der Waals surface area contributed by atoms with Crippen LogP contribution in [0, 0.1) is 28.6 Å². The fourth-order valence-electron chi connectivity index (χ4n) is 7.58. The molecule has 252 valence electrons. The van der Waals surface area contributed by atoms with Gasteiger partial charge < -0.3 is 26.6 Å². The summed E-state index contributed by atoms with van der Waals surface area (Å²) in [5, 5.41) is 8.18. The lowest BCUT2D eigenvalue weighted by atomic mass is 9.80. The van der Waals surface area contributed by atoms with Crippen molar-refractivity contribution in [1.82, 2.24) is 25.2 Å². The molecule has 2 saturated heterocycles. The number of ketones is 1. The van der Waals surface area contributed by atoms with Crippen molar-refractivity contribution in [3.05, 3.63) is 0 Å². The normalized spacial score (nSPS) is 29.5. The molecule has 0 aromatic heterocycles. The Morgan fingerprint density at radius 3 is 2.18 bits per heavy atom. The van der Waals surface area contributed by atoms with Crippen LogP contribution in [0.2, 0.25) is 0 Å². The molecule has 45 heavy (non-hydrogen) atoms. The lowest BCUT2D eigenvalue weighted by Crippen LogP contribution is -2.62. The van der Waals surface area contributed by atoms with Crippen LogP contribution in [0.4, 0.5) is 4.79 Å². The molecule has 3 saturated carbocycles. The number of amides is 5. The van der Waals surface area contributed by atoms with E-state index in [2.05, 4.69) is 29.8 Å². The predicted octanol–water partition coefficient (Wildman–Crippen LogP) is 0.869. The standard InChI is InChI=1S/C31H50N6O7S/c1-30(2,3)25(35-29(42)33-18-10-7-13-36(15-18)45(43,44)19-11-12-19)28(41)37-16-20-22(31(20,4)5)23(37)27(40)34-21(24(38)26(32)39)14-17-8-6-9-17/h17-23,25H,6-16H2,1-5H3,(H2,32,39)(H,34,40)(H2,33,35,42)/t18?,20-,21?,22-,23-,25+/m0/s1. The highest BCUT2D eigenvalue weighted by Gasteiger charge is 2.70. The van der Waals surface area contributed by atoms with E-state index in [1.807, 2.05) is 20.8 Å². The molecule has 13 nitrogen and oxygen atoms in total. The van der Waals surface area contributed by atoms with E-state index in [4.69, 9.17) is 5.73 Å². The summed E-state index contributed by atoms with van der Waals surface area (Å²) in [5.74, 6) is -2.66. The van der Waals surface area contributed by atoms with Gasteiger partial charge in [-0.1, -0.05) is 53.9 Å². The fourth-order valence-corrected chi connectivity index (χ4v) is 9.50. The minimum Gasteiger partial charge on any atom is -0.363 e. The maximum Gasteiger partial charge on any atom is 0.315 e. The molecule has 5 amide bonds. The van der Waals surface area contributed by atoms with Gasteiger partial charge in [-0.05, 0) is 60.7 Å². The topological polar surface area (TPSA) is 188 Å². The number of sulfonamides is 1. The molecule has 0 spiro atoms. The number of urea groups is 1. The highest BCUT2D eigenvalue weighted by atomic mass is 32.2. The lowest BCUT2D eigenvalue weighted by Gasteiger charge is -2.38. The van der Waals surface area contributed by atoms with Crippen molar-refractivity contribution >= 4 is 39.6 Å². The van der Waals surface area contributed by atoms with Gasteiger partial charge in [0.2, 0.25) is 27.6 Å². The second-order valence-corrected chi connectivity index (χ2v) is 17.8. The first-order valence-electron chi connectivity index (χ1n) is 16.4. The molecule has 3 aliphatic carbocycles. The largest absolute Gasteiger partial charge is 0.363 e. The van der Waals surface area contributed by atoms with Crippen molar-refractivity contribution in [2.75, 3.05) is 19.6 Å². The molecular weight excluding hydrogens is 600 g/mol. The fraction of sp³-hybridized carbons (Fsp3) is 0.839. The Morgan fingerprint density at radius 1 is 0.956 bits per heavy atom. The molecule has 0 aromatic rings. The first-order chi connectivity index (χ1) is 20.9. The number of primary amides is 1. The molecule has 5 rings (SSSR count). The van der Waals surface area contributed by atoms with Gasteiger partial charge in [0, 0.05) is 25.7 Å². The monoisotopic (exact) mass is 650 g/mol. The van der Waals surface area contributed by atoms with Gasteiger partial charge in [-0.2, -0.15) is 4.31 Å². The smallest absolute Gasteiger partial charge is 0.315 e. The Hall–Kier alpha value is -2.74. The number of piperidine rings is 2. The third-order valence-electron chi connectivity index (χ3n) is 10.8. The second-order valence-electron chi connectivity index (χ2n) is 15.6. The molecular formula is C31H50N6O7S. The highest BCUT2D eigenvalue weighted by Crippen LogP contribution is 2.65. The number of Topliss-reactive ketones (excluding diaryl/α,β-unsaturated/α-hetero) is 1. The maximum atomic E-state index is 14.2. The average Bonchev–Trinajstić information content (AvgIpc) is 3.81. The number of carbonyl (C=O) groups excluding carboxylic acids is 5. The van der Waals surface area contributed by atoms with E-state index in [1.54, 1.807) is 0 Å². The number of fused-ring (bicyclic) bond motifs is 1. The van der Waals surface area contributed by atoms with E-state index in [-0.39, 0.29) is 35.0 Å². The van der Waals surface area contributed by atoms with Crippen LogP contribution in [0.3, 0.4) is 0 Å². The first kappa shape index (κ1) is 33.6. The van der Waals surface area contributed by atoms with Gasteiger partial charge in [0.25, 0.3) is 5.91 Å². The van der Waals surface area contributed by atoms with Gasteiger partial charge in [0.05, 0.1) is 11.3 Å². The van der Waals surface area contributed by atoms with Crippen LogP contribution >= 0.6 is 0 Å². The molecule has 2 aliphatic heterocycles. The summed E-state index contributed by atoms with van der Waals surface area (Å²) >= 11 is 0. The van der Waals surface area contributed by atoms with Crippen molar-refractivity contribution < 1.29 is 32.4 Å². The second kappa shape index (κ2) is 12.1. The van der Waals surface area contributed by atoms with Crippen molar-refractivity contribution in [3.63, 3.8) is 0 Å². The molecule has 0 bridgehead atoms. The van der Waals surface area contributed by atoms with Crippen molar-refractivity contribution in [1.29, 1.82) is 0 Å². The molecule has 0 aromatic carbocycles. The highest BCUT2D eigenvalue weighted by molar-refractivity contribution is 7.90. The number of carbonyl (C=O) groups is 5. The zero-order chi connectivity index (χ0) is 33.1. The van der Waals surface area contributed by atoms with Crippen LogP contribution in [0.1, 0.15) is 86.0 Å². The van der Waals surface area contributed by atoms with Crippen LogP contribution in [0.25, 0.3) is 0 Å². The van der Waals surface area contributed by atoms with Gasteiger partial charge in [-0.15, -0.1) is 0 Å². The zero-order valence-corrected chi connectivity index (χ0v) is 28.0. The summed E-state index contributed by atoms with van der Waals surface area (Å²) in [6, 6.07) is -3.86. The van der Waals surface area contributed by atoms with Crippen molar-refractivity contribution in [2.45, 2.75) is 115 Å². The van der Waals surface area contributed by atoms with E-state index in [0.717, 1.165) is 19.3 Å². The lowest BCUT2D eigenvalue weighted by molar-refractivity contribution is -0.145. The average molecular weight is 651 g/mol. The number of likely N-dealkylation sites (tertiary alicyclic amines) is 1. The number of hydrogen-bond acceptors (Lipinski definition) is 7. The number of hydrogen-bond donors (Lipinski definition) is 4. The third kappa shape index (κ3) is 6.86. The van der Waals surface area contributed by atoms with E-state index < -0.39 is 69.1 Å². The van der Waals surface area contributed by atoms with Gasteiger partial charge in [-0.3, -0.25) is 19.2 Å². The summed E-state index contributed by atoms with van der Waals surface area (Å²) in [7, 11) is -3.36. The summed E-state index contributed by atoms with van der Waals surface area (Å²) in [5.41, 5.74) is 4.41. The summed E-state index contributed by atoms with van der Waals surface area (Å²) < 4.78 is 27.0. The van der Waals surface area contributed by atoms with Crippen LogP contribution in [-0.2, 0) is 29.2 Å². The molecule has 6 atom stereocenters. The summed E-state index contributed by atoms with van der Waals surface area (Å²) in [4.78, 5) is 67.4. The van der Waals surface area contributed by atoms with Crippen LogP contribution < -0.4 is 21.7 Å². The Bertz CT molecular complexity index is 1340. The SMILES string of the molecule is CC(C)(C)[C@H](NC(=O)NC1CCCN(S(=O)(=O)C2CC2)C1)C(=O)N1C[C@H]2[C@@H]([C@H]1C(=O)NC(CC1CCC1)C(=O)C(N)=O)C2(C)C. The maximum absolute atomic E-state index is 14.2. The Labute approximate surface area is 266 Å². The summed E-state index contributed by atoms with van der Waals surface area (Å²) in [6.07, 6.45) is 5.79. The molecule has 2 heterocycles. The van der Waals surface area contributed by atoms with Crippen molar-refractivity contribution in [3.8, 4) is 0 Å². The van der Waals surface area contributed by atoms with E-state index >= 15 is 0 Å². The molecule has 14 heteroatoms. The van der Waals surface area contributed by atoms with Crippen LogP contribution in [0.15, 0.2) is 0 Å². The number of nitrogens with one attached hydrogen (secondary N) is 3. The first-order valence-corrected chi connectivity index (χ1v) is 17.9. The van der Waals surface area contributed by atoms with Gasteiger partial charge in [0.1, 0.15) is 12.1 Å². The van der Waals surface area contributed by atoms with E-state index in [9.17, 15) is 32.4 Å². The molecule has 5 aliphatic rings. The molecule has 0 radical (unpaired) electrons. The minimum atomic E-state index is -3.36. The number of nitrogens with two attached hydrogens (primary N) is 1. The van der Waals surface area contributed by atoms with Gasteiger partial charge >= 0.3 is 6.03 Å². The van der Waals surface area contributed by atoms with Crippen molar-refractivity contribution in [2.24, 2.45) is 34.3 Å². The molecule has 5 N–H and O–H groups in total. The van der Waals surface area contributed by atoms with E-state index in [1.165, 1.54) is 9.21 Å².